The Bertz CT molecular complexity index is 1360. The van der Waals surface area contributed by atoms with Crippen LogP contribution < -0.4 is 16.8 Å². The predicted octanol–water partition coefficient (Wildman–Crippen LogP) is 1.68. The summed E-state index contributed by atoms with van der Waals surface area (Å²) in [5.74, 6) is 0.135. The van der Waals surface area contributed by atoms with Gasteiger partial charge < -0.3 is 21.8 Å². The molecule has 3 aliphatic rings. The largest absolute Gasteiger partial charge is 0.378 e. The second kappa shape index (κ2) is 8.90. The van der Waals surface area contributed by atoms with Crippen molar-refractivity contribution in [3.8, 4) is 11.4 Å². The Morgan fingerprint density at radius 1 is 1.17 bits per heavy atom. The maximum atomic E-state index is 12.2. The predicted molar refractivity (Wildman–Crippen MR) is 135 cm³/mol. The van der Waals surface area contributed by atoms with Gasteiger partial charge in [-0.2, -0.15) is 5.10 Å². The Hall–Kier alpha value is -3.44. The Morgan fingerprint density at radius 2 is 1.94 bits per heavy atom. The van der Waals surface area contributed by atoms with E-state index in [0.717, 1.165) is 37.9 Å². The van der Waals surface area contributed by atoms with Crippen LogP contribution in [0.25, 0.3) is 22.6 Å². The van der Waals surface area contributed by atoms with Gasteiger partial charge in [0.1, 0.15) is 11.3 Å². The third kappa shape index (κ3) is 4.01. The Balaban J connectivity index is 1.24. The molecule has 3 aromatic rings. The van der Waals surface area contributed by atoms with Crippen molar-refractivity contribution in [1.82, 2.24) is 29.6 Å². The van der Waals surface area contributed by atoms with E-state index in [-0.39, 0.29) is 41.7 Å². The Morgan fingerprint density at radius 3 is 2.69 bits per heavy atom. The number of likely N-dealkylation sites (tertiary alicyclic amines) is 1. The average Bonchev–Trinajstić information content (AvgIpc) is 3.63. The summed E-state index contributed by atoms with van der Waals surface area (Å²) in [6.45, 7) is 1.89. The minimum absolute atomic E-state index is 0.129. The van der Waals surface area contributed by atoms with Gasteiger partial charge in [0.25, 0.3) is 0 Å². The van der Waals surface area contributed by atoms with Gasteiger partial charge in [0.15, 0.2) is 5.65 Å². The van der Waals surface area contributed by atoms with Crippen molar-refractivity contribution in [3.63, 3.8) is 0 Å². The number of amides is 2. The number of nitrogens with zero attached hydrogens (tertiary/aromatic N) is 5. The number of carbonyl (C=O) groups excluding carboxylic acids is 2. The van der Waals surface area contributed by atoms with Crippen LogP contribution in [0.4, 0.5) is 5.69 Å². The first-order chi connectivity index (χ1) is 17.4. The summed E-state index contributed by atoms with van der Waals surface area (Å²) in [5.41, 5.74) is 13.8. The maximum absolute atomic E-state index is 12.2. The normalized spacial score (nSPS) is 26.1. The molecule has 1 saturated heterocycles. The number of aromatic nitrogens is 5. The summed E-state index contributed by atoms with van der Waals surface area (Å²) in [7, 11) is 0. The molecule has 3 aromatic heterocycles. The van der Waals surface area contributed by atoms with Crippen molar-refractivity contribution < 1.29 is 9.59 Å². The number of hydrogen-bond donors (Lipinski definition) is 4. The van der Waals surface area contributed by atoms with E-state index in [4.69, 9.17) is 23.1 Å². The molecule has 1 saturated carbocycles. The lowest BCUT2D eigenvalue weighted by Gasteiger charge is -2.31. The zero-order valence-corrected chi connectivity index (χ0v) is 20.4. The van der Waals surface area contributed by atoms with Crippen LogP contribution in [0.15, 0.2) is 30.7 Å². The number of imidazole rings is 1. The van der Waals surface area contributed by atoms with E-state index in [2.05, 4.69) is 42.4 Å². The maximum Gasteiger partial charge on any atom is 0.231 e. The quantitative estimate of drug-likeness (QED) is 0.352. The molecule has 1 aliphatic heterocycles. The number of nitrogens with two attached hydrogens (primary N) is 2. The molecule has 0 spiro atoms. The average molecular weight is 510 g/mol. The molecule has 0 unspecified atom stereocenters. The second-order valence-corrected chi connectivity index (χ2v) is 10.4. The number of H-pyrrole nitrogens is 1. The highest BCUT2D eigenvalue weighted by Crippen LogP contribution is 2.46. The first-order valence-electron chi connectivity index (χ1n) is 12.2. The van der Waals surface area contributed by atoms with Gasteiger partial charge in [0.05, 0.1) is 47.2 Å². The van der Waals surface area contributed by atoms with Crippen molar-refractivity contribution in [2.75, 3.05) is 25.0 Å². The highest BCUT2D eigenvalue weighted by Gasteiger charge is 2.47. The van der Waals surface area contributed by atoms with E-state index in [1.807, 2.05) is 10.9 Å². The van der Waals surface area contributed by atoms with Crippen LogP contribution in [0, 0.1) is 17.8 Å². The van der Waals surface area contributed by atoms with Gasteiger partial charge in [-0.05, 0) is 31.1 Å². The zero-order chi connectivity index (χ0) is 25.0. The molecule has 2 fully saturated rings. The third-order valence-electron chi connectivity index (χ3n) is 7.76. The molecule has 11 nitrogen and oxygen atoms in total. The minimum atomic E-state index is -0.302. The van der Waals surface area contributed by atoms with Crippen LogP contribution in [0.3, 0.4) is 0 Å². The van der Waals surface area contributed by atoms with E-state index in [9.17, 15) is 9.59 Å². The van der Waals surface area contributed by atoms with E-state index in [1.165, 1.54) is 0 Å². The fourth-order valence-electron chi connectivity index (χ4n) is 6.01. The van der Waals surface area contributed by atoms with E-state index in [1.54, 1.807) is 12.4 Å². The van der Waals surface area contributed by atoms with Crippen LogP contribution >= 0.6 is 11.6 Å². The molecule has 6 rings (SSSR count). The molecule has 2 amide bonds. The number of carbonyl (C=O) groups is 2. The molecule has 6 N–H and O–H groups in total. The lowest BCUT2D eigenvalue weighted by Crippen LogP contribution is -2.41. The summed E-state index contributed by atoms with van der Waals surface area (Å²) in [6, 6.07) is 0.115. The van der Waals surface area contributed by atoms with Crippen molar-refractivity contribution in [1.29, 1.82) is 0 Å². The molecular weight excluding hydrogens is 482 g/mol. The molecule has 4 atom stereocenters. The number of primary amides is 2. The van der Waals surface area contributed by atoms with Gasteiger partial charge in [-0.15, -0.1) is 0 Å². The molecule has 2 aliphatic carbocycles. The lowest BCUT2D eigenvalue weighted by atomic mass is 9.88. The fraction of sp³-hybridized carbons (Fsp3) is 0.458. The van der Waals surface area contributed by atoms with Crippen molar-refractivity contribution in [2.24, 2.45) is 29.2 Å². The molecule has 2 bridgehead atoms. The number of rotatable bonds is 7. The minimum Gasteiger partial charge on any atom is -0.378 e. The smallest absolute Gasteiger partial charge is 0.231 e. The number of pyridine rings is 1. The molecule has 12 heteroatoms. The van der Waals surface area contributed by atoms with Gasteiger partial charge >= 0.3 is 0 Å². The summed E-state index contributed by atoms with van der Waals surface area (Å²) in [4.78, 5) is 37.9. The lowest BCUT2D eigenvalue weighted by molar-refractivity contribution is -0.122. The second-order valence-electron chi connectivity index (χ2n) is 9.99. The van der Waals surface area contributed by atoms with E-state index >= 15 is 0 Å². The number of hydrogen-bond acceptors (Lipinski definition) is 7. The number of aromatic amines is 1. The number of nitrogens with one attached hydrogen (secondary N) is 2. The monoisotopic (exact) mass is 509 g/mol. The Kier molecular flexibility index (Phi) is 5.68. The van der Waals surface area contributed by atoms with Crippen LogP contribution in [-0.2, 0) is 9.59 Å². The number of piperidine rings is 1. The van der Waals surface area contributed by atoms with Crippen LogP contribution in [0.2, 0.25) is 5.02 Å². The van der Waals surface area contributed by atoms with Crippen LogP contribution in [-0.4, -0.2) is 67.1 Å². The van der Waals surface area contributed by atoms with Crippen molar-refractivity contribution in [2.45, 2.75) is 31.3 Å². The number of allylic oxidation sites excluding steroid dienone is 1. The summed E-state index contributed by atoms with van der Waals surface area (Å²) < 4.78 is 1.96. The van der Waals surface area contributed by atoms with Crippen LogP contribution in [0.1, 0.15) is 25.3 Å². The number of anilines is 1. The highest BCUT2D eigenvalue weighted by molar-refractivity contribution is 6.34. The zero-order valence-electron chi connectivity index (χ0n) is 19.6. The summed E-state index contributed by atoms with van der Waals surface area (Å²) in [5, 5.41) is 8.53. The Labute approximate surface area is 212 Å². The van der Waals surface area contributed by atoms with Gasteiger partial charge in [0, 0.05) is 25.3 Å². The number of halogens is 1. The fourth-order valence-corrected chi connectivity index (χ4v) is 6.21. The summed E-state index contributed by atoms with van der Waals surface area (Å²) in [6.07, 6.45) is 12.3. The topological polar surface area (TPSA) is 161 Å². The van der Waals surface area contributed by atoms with Crippen molar-refractivity contribution in [3.05, 3.63) is 35.8 Å². The molecule has 188 valence electrons. The van der Waals surface area contributed by atoms with Crippen molar-refractivity contribution >= 4 is 40.3 Å². The van der Waals surface area contributed by atoms with Gasteiger partial charge in [0.2, 0.25) is 11.8 Å². The highest BCUT2D eigenvalue weighted by atomic mass is 35.5. The molecule has 36 heavy (non-hydrogen) atoms. The van der Waals surface area contributed by atoms with E-state index in [0.29, 0.717) is 34.2 Å². The molecule has 4 heterocycles. The van der Waals surface area contributed by atoms with Gasteiger partial charge in [-0.25, -0.2) is 9.97 Å². The number of fused-ring (bicyclic) bond motifs is 3. The summed E-state index contributed by atoms with van der Waals surface area (Å²) >= 11 is 6.56. The molecule has 0 aromatic carbocycles. The van der Waals surface area contributed by atoms with Gasteiger partial charge in [-0.3, -0.25) is 19.2 Å². The first-order valence-corrected chi connectivity index (χ1v) is 12.6. The first kappa shape index (κ1) is 23.0. The van der Waals surface area contributed by atoms with E-state index < -0.39 is 0 Å². The SMILES string of the molecule is NC(=O)CN1CCC(n2cc(-c3nc4ncc(Cl)c(N[C@H]5[C@@H](C(N)=O)[C@@H]6C=C[C@H]5C6)c4[nH]3)cn2)CC1. The van der Waals surface area contributed by atoms with Gasteiger partial charge in [-0.1, -0.05) is 23.8 Å². The third-order valence-corrected chi connectivity index (χ3v) is 8.04. The molecular formula is C24H28ClN9O2. The van der Waals surface area contributed by atoms with Crippen LogP contribution in [0.5, 0.6) is 0 Å². The standard InChI is InChI=1S/C24H28ClN9O2/c25-16-9-28-24-21(20(16)30-19-13-2-1-12(7-13)18(19)22(27)36)31-23(32-24)14-8-29-34(10-14)15-3-5-33(6-4-15)11-17(26)35/h1-2,8-10,12-13,15,18-19H,3-7,11H2,(H2,26,35)(H2,27,36)(H2,28,30,31,32)/t12-,13+,18+,19-/m1/s1. The molecule has 0 radical (unpaired) electrons.